The molecule has 0 saturated carbocycles. The predicted molar refractivity (Wildman–Crippen MR) is 122 cm³/mol. The molecule has 4 aromatic rings. The molecule has 0 unspecified atom stereocenters. The number of hydrogen-bond acceptors (Lipinski definition) is 5. The Hall–Kier alpha value is -2.81. The molecule has 32 heavy (non-hydrogen) atoms. The standard InChI is InChI=1S/C23H17BrClNO5S/c24-17-5-9-20(10-6-17)32(28,29)22-12-11-21(31-22)23(27)26(15-19-2-1-13-30-19)14-16-3-7-18(25)8-4-16/h1-13H,14-15H2. The van der Waals surface area contributed by atoms with Crippen LogP contribution in [-0.4, -0.2) is 19.2 Å². The lowest BCUT2D eigenvalue weighted by Gasteiger charge is -2.21. The number of halogens is 2. The molecule has 9 heteroatoms. The van der Waals surface area contributed by atoms with Gasteiger partial charge in [-0.2, -0.15) is 0 Å². The van der Waals surface area contributed by atoms with Crippen LogP contribution in [0.5, 0.6) is 0 Å². The first-order valence-corrected chi connectivity index (χ1v) is 12.1. The van der Waals surface area contributed by atoms with Crippen LogP contribution >= 0.6 is 27.5 Å². The van der Waals surface area contributed by atoms with Gasteiger partial charge in [-0.3, -0.25) is 4.79 Å². The molecule has 0 spiro atoms. The molecule has 0 aliphatic rings. The van der Waals surface area contributed by atoms with Gasteiger partial charge in [-0.05, 0) is 66.2 Å². The van der Waals surface area contributed by atoms with E-state index in [0.29, 0.717) is 10.8 Å². The fraction of sp³-hybridized carbons (Fsp3) is 0.0870. The van der Waals surface area contributed by atoms with Crippen LogP contribution in [-0.2, 0) is 22.9 Å². The Morgan fingerprint density at radius 1 is 0.938 bits per heavy atom. The molecule has 0 saturated heterocycles. The maximum Gasteiger partial charge on any atom is 0.290 e. The molecule has 0 radical (unpaired) electrons. The SMILES string of the molecule is O=C(c1ccc(S(=O)(=O)c2ccc(Br)cc2)o1)N(Cc1ccc(Cl)cc1)Cc1ccco1. The number of sulfone groups is 1. The zero-order chi connectivity index (χ0) is 22.7. The van der Waals surface area contributed by atoms with Crippen molar-refractivity contribution in [1.29, 1.82) is 0 Å². The van der Waals surface area contributed by atoms with E-state index in [0.717, 1.165) is 10.0 Å². The Morgan fingerprint density at radius 3 is 2.31 bits per heavy atom. The first-order valence-electron chi connectivity index (χ1n) is 9.49. The Labute approximate surface area is 198 Å². The summed E-state index contributed by atoms with van der Waals surface area (Å²) < 4.78 is 37.4. The fourth-order valence-electron chi connectivity index (χ4n) is 3.07. The van der Waals surface area contributed by atoms with E-state index in [9.17, 15) is 13.2 Å². The largest absolute Gasteiger partial charge is 0.467 e. The van der Waals surface area contributed by atoms with Crippen molar-refractivity contribution in [3.05, 3.63) is 106 Å². The van der Waals surface area contributed by atoms with Gasteiger partial charge in [0.1, 0.15) is 5.76 Å². The number of carbonyl (C=O) groups excluding carboxylic acids is 1. The molecule has 2 aromatic heterocycles. The highest BCUT2D eigenvalue weighted by Gasteiger charge is 2.26. The quantitative estimate of drug-likeness (QED) is 0.292. The number of nitrogens with zero attached hydrogens (tertiary/aromatic N) is 1. The smallest absolute Gasteiger partial charge is 0.290 e. The molecule has 4 rings (SSSR count). The van der Waals surface area contributed by atoms with Crippen LogP contribution in [0.1, 0.15) is 21.9 Å². The topological polar surface area (TPSA) is 80.7 Å². The Bertz CT molecular complexity index is 1310. The lowest BCUT2D eigenvalue weighted by molar-refractivity contribution is 0.0679. The summed E-state index contributed by atoms with van der Waals surface area (Å²) in [5, 5.41) is 0.291. The normalized spacial score (nSPS) is 11.4. The lowest BCUT2D eigenvalue weighted by Crippen LogP contribution is -2.29. The van der Waals surface area contributed by atoms with Crippen molar-refractivity contribution in [1.82, 2.24) is 4.90 Å². The first-order chi connectivity index (χ1) is 15.3. The molecule has 0 aliphatic heterocycles. The van der Waals surface area contributed by atoms with Gasteiger partial charge in [-0.1, -0.05) is 39.7 Å². The fourth-order valence-corrected chi connectivity index (χ4v) is 4.63. The van der Waals surface area contributed by atoms with Gasteiger partial charge in [0.25, 0.3) is 5.91 Å². The molecular formula is C23H17BrClNO5S. The van der Waals surface area contributed by atoms with Gasteiger partial charge in [0.05, 0.1) is 17.7 Å². The maximum atomic E-state index is 13.2. The molecule has 0 N–H and O–H groups in total. The summed E-state index contributed by atoms with van der Waals surface area (Å²) in [7, 11) is -3.90. The Balaban J connectivity index is 1.61. The molecule has 0 atom stereocenters. The average Bonchev–Trinajstić information content (AvgIpc) is 3.47. The van der Waals surface area contributed by atoms with E-state index in [1.165, 1.54) is 35.4 Å². The van der Waals surface area contributed by atoms with E-state index in [-0.39, 0.29) is 28.8 Å². The molecular weight excluding hydrogens is 518 g/mol. The zero-order valence-corrected chi connectivity index (χ0v) is 19.7. The van der Waals surface area contributed by atoms with E-state index in [2.05, 4.69) is 15.9 Å². The third-order valence-electron chi connectivity index (χ3n) is 4.68. The van der Waals surface area contributed by atoms with E-state index in [1.54, 1.807) is 36.4 Å². The van der Waals surface area contributed by atoms with E-state index < -0.39 is 15.7 Å². The molecule has 2 heterocycles. The number of benzene rings is 2. The summed E-state index contributed by atoms with van der Waals surface area (Å²) in [6.07, 6.45) is 1.52. The van der Waals surface area contributed by atoms with Gasteiger partial charge >= 0.3 is 0 Å². The molecule has 0 aliphatic carbocycles. The zero-order valence-electron chi connectivity index (χ0n) is 16.6. The van der Waals surface area contributed by atoms with Gasteiger partial charge in [0.2, 0.25) is 14.9 Å². The number of carbonyl (C=O) groups is 1. The minimum absolute atomic E-state index is 0.0719. The second kappa shape index (κ2) is 9.36. The van der Waals surface area contributed by atoms with E-state index in [1.807, 2.05) is 12.1 Å². The average molecular weight is 535 g/mol. The molecule has 1 amide bonds. The highest BCUT2D eigenvalue weighted by molar-refractivity contribution is 9.10. The molecule has 6 nitrogen and oxygen atoms in total. The molecule has 0 bridgehead atoms. The highest BCUT2D eigenvalue weighted by Crippen LogP contribution is 2.25. The van der Waals surface area contributed by atoms with Crippen LogP contribution < -0.4 is 0 Å². The lowest BCUT2D eigenvalue weighted by atomic mass is 10.2. The van der Waals surface area contributed by atoms with Crippen LogP contribution in [0, 0.1) is 0 Å². The summed E-state index contributed by atoms with van der Waals surface area (Å²) in [6, 6.07) is 19.4. The van der Waals surface area contributed by atoms with Crippen molar-refractivity contribution in [2.24, 2.45) is 0 Å². The highest BCUT2D eigenvalue weighted by atomic mass is 79.9. The number of rotatable bonds is 7. The van der Waals surface area contributed by atoms with Gasteiger partial charge in [-0.15, -0.1) is 0 Å². The van der Waals surface area contributed by atoms with Crippen molar-refractivity contribution >= 4 is 43.3 Å². The predicted octanol–water partition coefficient (Wildman–Crippen LogP) is 5.96. The third-order valence-corrected chi connectivity index (χ3v) is 7.10. The van der Waals surface area contributed by atoms with Gasteiger partial charge in [0, 0.05) is 16.0 Å². The minimum atomic E-state index is -3.90. The minimum Gasteiger partial charge on any atom is -0.467 e. The third kappa shape index (κ3) is 4.98. The van der Waals surface area contributed by atoms with Gasteiger partial charge in [-0.25, -0.2) is 8.42 Å². The number of furan rings is 2. The van der Waals surface area contributed by atoms with Crippen LogP contribution in [0.25, 0.3) is 0 Å². The number of amides is 1. The van der Waals surface area contributed by atoms with Crippen LogP contribution in [0.3, 0.4) is 0 Å². The summed E-state index contributed by atoms with van der Waals surface area (Å²) in [5.74, 6) is 0.0383. The molecule has 164 valence electrons. The second-order valence-corrected chi connectivity index (χ2v) is 10.2. The number of hydrogen-bond donors (Lipinski definition) is 0. The molecule has 2 aromatic carbocycles. The van der Waals surface area contributed by atoms with Crippen LogP contribution in [0.4, 0.5) is 0 Å². The van der Waals surface area contributed by atoms with Crippen molar-refractivity contribution < 1.29 is 22.0 Å². The first kappa shape index (κ1) is 22.4. The van der Waals surface area contributed by atoms with Crippen LogP contribution in [0.15, 0.2) is 102 Å². The summed E-state index contributed by atoms with van der Waals surface area (Å²) >= 11 is 9.24. The Morgan fingerprint density at radius 2 is 1.66 bits per heavy atom. The summed E-state index contributed by atoms with van der Waals surface area (Å²) in [4.78, 5) is 14.8. The van der Waals surface area contributed by atoms with Crippen molar-refractivity contribution in [3.63, 3.8) is 0 Å². The van der Waals surface area contributed by atoms with Crippen molar-refractivity contribution in [2.45, 2.75) is 23.1 Å². The van der Waals surface area contributed by atoms with Crippen molar-refractivity contribution in [3.8, 4) is 0 Å². The summed E-state index contributed by atoms with van der Waals surface area (Å²) in [5.41, 5.74) is 0.851. The monoisotopic (exact) mass is 533 g/mol. The maximum absolute atomic E-state index is 13.2. The molecule has 0 fully saturated rings. The van der Waals surface area contributed by atoms with Gasteiger partial charge in [0.15, 0.2) is 5.76 Å². The van der Waals surface area contributed by atoms with Crippen LogP contribution in [0.2, 0.25) is 5.02 Å². The summed E-state index contributed by atoms with van der Waals surface area (Å²) in [6.45, 7) is 0.441. The van der Waals surface area contributed by atoms with E-state index >= 15 is 0 Å². The van der Waals surface area contributed by atoms with Crippen molar-refractivity contribution in [2.75, 3.05) is 0 Å². The van der Waals surface area contributed by atoms with E-state index in [4.69, 9.17) is 20.4 Å². The Kier molecular flexibility index (Phi) is 6.55. The second-order valence-electron chi connectivity index (χ2n) is 6.94. The van der Waals surface area contributed by atoms with Gasteiger partial charge < -0.3 is 13.7 Å².